The van der Waals surface area contributed by atoms with E-state index in [1.807, 2.05) is 31.2 Å². The number of halogens is 1. The van der Waals surface area contributed by atoms with Gasteiger partial charge in [0, 0.05) is 16.3 Å². The molecule has 0 radical (unpaired) electrons. The molecule has 2 aromatic rings. The van der Waals surface area contributed by atoms with Crippen LogP contribution in [0.4, 0.5) is 5.69 Å². The van der Waals surface area contributed by atoms with E-state index in [0.29, 0.717) is 17.1 Å². The van der Waals surface area contributed by atoms with Gasteiger partial charge in [-0.3, -0.25) is 9.59 Å². The minimum atomic E-state index is -0.265. The monoisotopic (exact) mass is 482 g/mol. The first-order valence-corrected chi connectivity index (χ1v) is 9.53. The zero-order valence-electron chi connectivity index (χ0n) is 15.8. The minimum Gasteiger partial charge on any atom is -0.493 e. The Labute approximate surface area is 173 Å². The number of nitrogens with zero attached hydrogens (tertiary/aromatic N) is 1. The van der Waals surface area contributed by atoms with Gasteiger partial charge in [0.1, 0.15) is 0 Å². The third-order valence-corrected chi connectivity index (χ3v) is 5.00. The third kappa shape index (κ3) is 5.12. The second-order valence-corrected chi connectivity index (χ2v) is 7.07. The number of likely N-dealkylation sites (N-methyl/N-ethyl adjacent to an activating group) is 1. The zero-order valence-corrected chi connectivity index (χ0v) is 18.0. The molecule has 0 saturated heterocycles. The molecule has 0 aliphatic carbocycles. The van der Waals surface area contributed by atoms with Gasteiger partial charge in [-0.15, -0.1) is 0 Å². The Balaban J connectivity index is 2.12. The first-order chi connectivity index (χ1) is 12.9. The normalized spacial score (nSPS) is 10.3. The van der Waals surface area contributed by atoms with Crippen molar-refractivity contribution in [1.29, 1.82) is 0 Å². The molecule has 0 heterocycles. The summed E-state index contributed by atoms with van der Waals surface area (Å²) in [7, 11) is 4.65. The summed E-state index contributed by atoms with van der Waals surface area (Å²) in [4.78, 5) is 26.6. The topological polar surface area (TPSA) is 67.9 Å². The van der Waals surface area contributed by atoms with Crippen LogP contribution in [0.5, 0.6) is 11.5 Å². The second-order valence-electron chi connectivity index (χ2n) is 5.91. The summed E-state index contributed by atoms with van der Waals surface area (Å²) in [6.45, 7) is 1.97. The number of nitrogens with one attached hydrogen (secondary N) is 1. The van der Waals surface area contributed by atoms with Gasteiger partial charge in [-0.1, -0.05) is 25.1 Å². The van der Waals surface area contributed by atoms with Crippen LogP contribution in [0.25, 0.3) is 0 Å². The van der Waals surface area contributed by atoms with Crippen LogP contribution in [0.2, 0.25) is 0 Å². The lowest BCUT2D eigenvalue weighted by Gasteiger charge is -2.19. The lowest BCUT2D eigenvalue weighted by atomic mass is 10.1. The van der Waals surface area contributed by atoms with Gasteiger partial charge in [-0.05, 0) is 52.8 Å². The smallest absolute Gasteiger partial charge is 0.255 e. The van der Waals surface area contributed by atoms with Crippen molar-refractivity contribution >= 4 is 40.1 Å². The summed E-state index contributed by atoms with van der Waals surface area (Å²) in [6, 6.07) is 11.0. The first-order valence-electron chi connectivity index (χ1n) is 8.46. The number of carbonyl (C=O) groups is 2. The molecular weight excluding hydrogens is 459 g/mol. The van der Waals surface area contributed by atoms with Crippen LogP contribution in [0.3, 0.4) is 0 Å². The molecule has 0 unspecified atom stereocenters. The molecule has 1 N–H and O–H groups in total. The molecule has 2 rings (SSSR count). The Morgan fingerprint density at radius 1 is 1.11 bits per heavy atom. The Bertz CT molecular complexity index is 839. The van der Waals surface area contributed by atoms with Crippen LogP contribution in [-0.2, 0) is 11.2 Å². The van der Waals surface area contributed by atoms with E-state index in [4.69, 9.17) is 9.47 Å². The maximum Gasteiger partial charge on any atom is 0.255 e. The maximum absolute atomic E-state index is 12.8. The summed E-state index contributed by atoms with van der Waals surface area (Å²) in [5.74, 6) is 0.507. The molecule has 0 aromatic heterocycles. The molecule has 2 amide bonds. The number of benzene rings is 2. The van der Waals surface area contributed by atoms with Crippen molar-refractivity contribution in [2.45, 2.75) is 13.3 Å². The average molecular weight is 482 g/mol. The van der Waals surface area contributed by atoms with Gasteiger partial charge in [0.25, 0.3) is 5.91 Å². The summed E-state index contributed by atoms with van der Waals surface area (Å²) < 4.78 is 11.2. The average Bonchev–Trinajstić information content (AvgIpc) is 2.67. The summed E-state index contributed by atoms with van der Waals surface area (Å²) in [6.07, 6.45) is 0.815. The van der Waals surface area contributed by atoms with Crippen molar-refractivity contribution in [1.82, 2.24) is 4.90 Å². The molecule has 144 valence electrons. The van der Waals surface area contributed by atoms with Crippen LogP contribution in [0.1, 0.15) is 22.8 Å². The molecule has 7 heteroatoms. The van der Waals surface area contributed by atoms with E-state index in [1.165, 1.54) is 12.0 Å². The fourth-order valence-corrected chi connectivity index (χ4v) is 3.32. The van der Waals surface area contributed by atoms with E-state index in [0.717, 1.165) is 21.2 Å². The second kappa shape index (κ2) is 9.59. The molecule has 6 nitrogen and oxygen atoms in total. The number of hydrogen-bond acceptors (Lipinski definition) is 4. The number of hydrogen-bond donors (Lipinski definition) is 1. The first kappa shape index (κ1) is 21.0. The summed E-state index contributed by atoms with van der Waals surface area (Å²) in [5.41, 5.74) is 2.28. The number of rotatable bonds is 7. The molecular formula is C20H23IN2O4. The van der Waals surface area contributed by atoms with Gasteiger partial charge in [-0.25, -0.2) is 0 Å². The Morgan fingerprint density at radius 2 is 1.74 bits per heavy atom. The van der Waals surface area contributed by atoms with E-state index in [1.54, 1.807) is 26.3 Å². The SMILES string of the molecule is CCc1ccccc1NC(=O)CN(C)C(=O)c1cc(OC)c(OC)cc1I. The van der Waals surface area contributed by atoms with Gasteiger partial charge < -0.3 is 19.7 Å². The zero-order chi connectivity index (χ0) is 20.0. The van der Waals surface area contributed by atoms with E-state index < -0.39 is 0 Å². The number of anilines is 1. The van der Waals surface area contributed by atoms with E-state index in [9.17, 15) is 9.59 Å². The molecule has 2 aromatic carbocycles. The molecule has 0 fully saturated rings. The number of amides is 2. The number of para-hydroxylation sites is 1. The highest BCUT2D eigenvalue weighted by Crippen LogP contribution is 2.31. The molecule has 27 heavy (non-hydrogen) atoms. The maximum atomic E-state index is 12.8. The molecule has 0 aliphatic rings. The van der Waals surface area contributed by atoms with Crippen molar-refractivity contribution in [3.8, 4) is 11.5 Å². The minimum absolute atomic E-state index is 0.0543. The van der Waals surface area contributed by atoms with Crippen molar-refractivity contribution in [2.75, 3.05) is 33.1 Å². The van der Waals surface area contributed by atoms with E-state index in [-0.39, 0.29) is 18.4 Å². The molecule has 0 saturated carbocycles. The summed E-state index contributed by atoms with van der Waals surface area (Å²) in [5, 5.41) is 2.87. The lowest BCUT2D eigenvalue weighted by Crippen LogP contribution is -2.35. The van der Waals surface area contributed by atoms with Gasteiger partial charge in [0.05, 0.1) is 26.3 Å². The molecule has 0 aliphatic heterocycles. The molecule has 0 spiro atoms. The van der Waals surface area contributed by atoms with Crippen LogP contribution < -0.4 is 14.8 Å². The van der Waals surface area contributed by atoms with Gasteiger partial charge >= 0.3 is 0 Å². The van der Waals surface area contributed by atoms with Crippen molar-refractivity contribution < 1.29 is 19.1 Å². The van der Waals surface area contributed by atoms with Crippen molar-refractivity contribution in [2.24, 2.45) is 0 Å². The van der Waals surface area contributed by atoms with Crippen LogP contribution in [-0.4, -0.2) is 44.5 Å². The quantitative estimate of drug-likeness (QED) is 0.613. The highest BCUT2D eigenvalue weighted by molar-refractivity contribution is 14.1. The van der Waals surface area contributed by atoms with E-state index >= 15 is 0 Å². The highest BCUT2D eigenvalue weighted by Gasteiger charge is 2.20. The number of aryl methyl sites for hydroxylation is 1. The summed E-state index contributed by atoms with van der Waals surface area (Å²) >= 11 is 2.07. The van der Waals surface area contributed by atoms with Gasteiger partial charge in [0.2, 0.25) is 5.91 Å². The Hall–Kier alpha value is -2.29. The predicted octanol–water partition coefficient (Wildman–Crippen LogP) is 3.58. The standard InChI is InChI=1S/C20H23IN2O4/c1-5-13-8-6-7-9-16(13)22-19(24)12-23(2)20(25)14-10-17(26-3)18(27-4)11-15(14)21/h6-11H,5,12H2,1-4H3,(H,22,24). The van der Waals surface area contributed by atoms with E-state index in [2.05, 4.69) is 27.9 Å². The molecule has 0 atom stereocenters. The van der Waals surface area contributed by atoms with Gasteiger partial charge in [0.15, 0.2) is 11.5 Å². The van der Waals surface area contributed by atoms with Crippen LogP contribution in [0, 0.1) is 3.57 Å². The van der Waals surface area contributed by atoms with Crippen molar-refractivity contribution in [3.63, 3.8) is 0 Å². The Kier molecular flexibility index (Phi) is 7.46. The van der Waals surface area contributed by atoms with Crippen LogP contribution >= 0.6 is 22.6 Å². The Morgan fingerprint density at radius 3 is 2.37 bits per heavy atom. The largest absolute Gasteiger partial charge is 0.493 e. The fourth-order valence-electron chi connectivity index (χ4n) is 2.65. The third-order valence-electron chi connectivity index (χ3n) is 4.10. The van der Waals surface area contributed by atoms with Gasteiger partial charge in [-0.2, -0.15) is 0 Å². The lowest BCUT2D eigenvalue weighted by molar-refractivity contribution is -0.116. The number of methoxy groups -OCH3 is 2. The molecule has 0 bridgehead atoms. The number of ether oxygens (including phenoxy) is 2. The predicted molar refractivity (Wildman–Crippen MR) is 114 cm³/mol. The number of carbonyl (C=O) groups excluding carboxylic acids is 2. The van der Waals surface area contributed by atoms with Crippen molar-refractivity contribution in [3.05, 3.63) is 51.1 Å². The van der Waals surface area contributed by atoms with Crippen LogP contribution in [0.15, 0.2) is 36.4 Å². The highest BCUT2D eigenvalue weighted by atomic mass is 127. The fraction of sp³-hybridized carbons (Fsp3) is 0.300.